The molecule has 0 aliphatic carbocycles. The van der Waals surface area contributed by atoms with Crippen molar-refractivity contribution in [3.05, 3.63) is 28.8 Å². The van der Waals surface area contributed by atoms with Crippen LogP contribution in [-0.2, 0) is 6.42 Å². The number of halogens is 1. The Bertz CT molecular complexity index is 422. The first-order valence-corrected chi connectivity index (χ1v) is 7.39. The van der Waals surface area contributed by atoms with Gasteiger partial charge in [0.2, 0.25) is 0 Å². The number of benzene rings is 1. The van der Waals surface area contributed by atoms with Crippen LogP contribution in [0.4, 0.5) is 5.69 Å². The van der Waals surface area contributed by atoms with E-state index in [4.69, 9.17) is 17.3 Å². The highest BCUT2D eigenvalue weighted by Crippen LogP contribution is 2.28. The van der Waals surface area contributed by atoms with E-state index in [1.165, 1.54) is 30.6 Å². The van der Waals surface area contributed by atoms with Gasteiger partial charge in [0.15, 0.2) is 0 Å². The van der Waals surface area contributed by atoms with Crippen molar-refractivity contribution in [2.45, 2.75) is 25.3 Å². The molecule has 3 nitrogen and oxygen atoms in total. The Hall–Kier alpha value is -0.770. The molecule has 0 amide bonds. The lowest BCUT2D eigenvalue weighted by atomic mass is 10.0. The Morgan fingerprint density at radius 3 is 2.95 bits per heavy atom. The predicted molar refractivity (Wildman–Crippen MR) is 83.1 cm³/mol. The molecule has 0 bridgehead atoms. The Morgan fingerprint density at radius 2 is 2.26 bits per heavy atom. The number of piperidine rings is 1. The Labute approximate surface area is 121 Å². The summed E-state index contributed by atoms with van der Waals surface area (Å²) in [6.45, 7) is 2.99. The van der Waals surface area contributed by atoms with E-state index in [2.05, 4.69) is 36.0 Å². The van der Waals surface area contributed by atoms with Crippen LogP contribution in [0.25, 0.3) is 0 Å². The third-order valence-electron chi connectivity index (χ3n) is 3.99. The molecule has 1 atom stereocenters. The van der Waals surface area contributed by atoms with Crippen LogP contribution >= 0.6 is 11.6 Å². The zero-order valence-corrected chi connectivity index (χ0v) is 12.7. The summed E-state index contributed by atoms with van der Waals surface area (Å²) in [5.74, 6) is 0. The smallest absolute Gasteiger partial charge is 0.0426 e. The maximum Gasteiger partial charge on any atom is 0.0426 e. The molecule has 2 rings (SSSR count). The van der Waals surface area contributed by atoms with Gasteiger partial charge in [0.1, 0.15) is 0 Å². The zero-order chi connectivity index (χ0) is 13.8. The molecule has 1 aromatic carbocycles. The molecule has 0 aromatic heterocycles. The van der Waals surface area contributed by atoms with E-state index in [0.29, 0.717) is 12.6 Å². The predicted octanol–water partition coefficient (Wildman–Crippen LogP) is 2.37. The monoisotopic (exact) mass is 281 g/mol. The van der Waals surface area contributed by atoms with Gasteiger partial charge in [-0.05, 0) is 57.1 Å². The maximum atomic E-state index is 6.16. The lowest BCUT2D eigenvalue weighted by Crippen LogP contribution is -2.45. The number of hydrogen-bond acceptors (Lipinski definition) is 3. The Kier molecular flexibility index (Phi) is 5.08. The summed E-state index contributed by atoms with van der Waals surface area (Å²) < 4.78 is 0. The van der Waals surface area contributed by atoms with Gasteiger partial charge in [-0.25, -0.2) is 0 Å². The zero-order valence-electron chi connectivity index (χ0n) is 11.9. The number of anilines is 1. The van der Waals surface area contributed by atoms with E-state index in [1.54, 1.807) is 0 Å². The molecular weight excluding hydrogens is 258 g/mol. The highest BCUT2D eigenvalue weighted by Gasteiger charge is 2.22. The number of nitrogens with two attached hydrogens (primary N) is 1. The highest BCUT2D eigenvalue weighted by molar-refractivity contribution is 6.30. The molecule has 19 heavy (non-hydrogen) atoms. The van der Waals surface area contributed by atoms with Crippen molar-refractivity contribution in [3.8, 4) is 0 Å². The van der Waals surface area contributed by atoms with Crippen molar-refractivity contribution in [1.29, 1.82) is 0 Å². The van der Waals surface area contributed by atoms with Crippen LogP contribution in [0.1, 0.15) is 18.4 Å². The molecule has 1 aliphatic heterocycles. The summed E-state index contributed by atoms with van der Waals surface area (Å²) in [6.07, 6.45) is 3.41. The van der Waals surface area contributed by atoms with Gasteiger partial charge < -0.3 is 15.5 Å². The van der Waals surface area contributed by atoms with Crippen LogP contribution < -0.4 is 10.6 Å². The van der Waals surface area contributed by atoms with Crippen molar-refractivity contribution < 1.29 is 0 Å². The second-order valence-electron chi connectivity index (χ2n) is 5.48. The van der Waals surface area contributed by atoms with Gasteiger partial charge in [0, 0.05) is 30.3 Å². The Morgan fingerprint density at radius 1 is 1.47 bits per heavy atom. The molecule has 4 heteroatoms. The summed E-state index contributed by atoms with van der Waals surface area (Å²) in [4.78, 5) is 4.78. The molecule has 1 aromatic rings. The van der Waals surface area contributed by atoms with Gasteiger partial charge in [-0.2, -0.15) is 0 Å². The van der Waals surface area contributed by atoms with Crippen LogP contribution in [0.2, 0.25) is 5.02 Å². The third-order valence-corrected chi connectivity index (χ3v) is 4.22. The van der Waals surface area contributed by atoms with Crippen molar-refractivity contribution in [2.75, 3.05) is 38.6 Å². The first-order valence-electron chi connectivity index (χ1n) is 7.01. The van der Waals surface area contributed by atoms with Crippen molar-refractivity contribution >= 4 is 17.3 Å². The van der Waals surface area contributed by atoms with E-state index in [0.717, 1.165) is 18.0 Å². The van der Waals surface area contributed by atoms with Crippen molar-refractivity contribution in [2.24, 2.45) is 5.73 Å². The second-order valence-corrected chi connectivity index (χ2v) is 5.92. The van der Waals surface area contributed by atoms with Crippen molar-refractivity contribution in [1.82, 2.24) is 4.90 Å². The molecule has 1 aliphatic rings. The summed E-state index contributed by atoms with van der Waals surface area (Å²) in [6, 6.07) is 6.69. The molecule has 1 saturated heterocycles. The third kappa shape index (κ3) is 3.62. The number of rotatable bonds is 4. The maximum absolute atomic E-state index is 6.16. The fraction of sp³-hybridized carbons (Fsp3) is 0.600. The average molecular weight is 282 g/mol. The average Bonchev–Trinajstić information content (AvgIpc) is 2.40. The SMILES string of the molecule is CN1CCCC(N(C)c2cc(Cl)ccc2CCN)C1. The first-order chi connectivity index (χ1) is 9.11. The lowest BCUT2D eigenvalue weighted by Gasteiger charge is -2.38. The molecule has 0 saturated carbocycles. The first kappa shape index (κ1) is 14.6. The van der Waals surface area contributed by atoms with Gasteiger partial charge in [-0.3, -0.25) is 0 Å². The topological polar surface area (TPSA) is 32.5 Å². The van der Waals surface area contributed by atoms with Gasteiger partial charge >= 0.3 is 0 Å². The minimum atomic E-state index is 0.564. The van der Waals surface area contributed by atoms with E-state index in [-0.39, 0.29) is 0 Å². The molecule has 1 heterocycles. The number of hydrogen-bond donors (Lipinski definition) is 1. The summed E-state index contributed by atoms with van der Waals surface area (Å²) >= 11 is 6.16. The second kappa shape index (κ2) is 6.60. The Balaban J connectivity index is 2.21. The standard InChI is InChI=1S/C15H24ClN3/c1-18-9-3-4-14(11-18)19(2)15-10-13(16)6-5-12(15)7-8-17/h5-6,10,14H,3-4,7-9,11,17H2,1-2H3. The van der Waals surface area contributed by atoms with Crippen LogP contribution in [0.3, 0.4) is 0 Å². The molecular formula is C15H24ClN3. The quantitative estimate of drug-likeness (QED) is 0.920. The fourth-order valence-corrected chi connectivity index (χ4v) is 3.05. The molecule has 0 spiro atoms. The largest absolute Gasteiger partial charge is 0.370 e. The van der Waals surface area contributed by atoms with E-state index in [9.17, 15) is 0 Å². The molecule has 1 unspecified atom stereocenters. The molecule has 2 N–H and O–H groups in total. The summed E-state index contributed by atoms with van der Waals surface area (Å²) in [5.41, 5.74) is 8.24. The van der Waals surface area contributed by atoms with Crippen LogP contribution in [-0.4, -0.2) is 44.7 Å². The minimum absolute atomic E-state index is 0.564. The van der Waals surface area contributed by atoms with Crippen LogP contribution in [0.15, 0.2) is 18.2 Å². The molecule has 1 fully saturated rings. The van der Waals surface area contributed by atoms with E-state index in [1.807, 2.05) is 6.07 Å². The number of nitrogens with zero attached hydrogens (tertiary/aromatic N) is 2. The highest BCUT2D eigenvalue weighted by atomic mass is 35.5. The normalized spacial score (nSPS) is 20.5. The number of likely N-dealkylation sites (N-methyl/N-ethyl adjacent to an activating group) is 2. The summed E-state index contributed by atoms with van der Waals surface area (Å²) in [5, 5.41) is 0.798. The minimum Gasteiger partial charge on any atom is -0.370 e. The lowest BCUT2D eigenvalue weighted by molar-refractivity contribution is 0.248. The van der Waals surface area contributed by atoms with E-state index >= 15 is 0 Å². The summed E-state index contributed by atoms with van der Waals surface area (Å²) in [7, 11) is 4.37. The number of likely N-dealkylation sites (tertiary alicyclic amines) is 1. The molecule has 0 radical (unpaired) electrons. The van der Waals surface area contributed by atoms with Crippen LogP contribution in [0, 0.1) is 0 Å². The van der Waals surface area contributed by atoms with Gasteiger partial charge in [-0.1, -0.05) is 17.7 Å². The van der Waals surface area contributed by atoms with Gasteiger partial charge in [0.05, 0.1) is 0 Å². The molecule has 106 valence electrons. The fourth-order valence-electron chi connectivity index (χ4n) is 2.88. The van der Waals surface area contributed by atoms with Crippen molar-refractivity contribution in [3.63, 3.8) is 0 Å². The van der Waals surface area contributed by atoms with Gasteiger partial charge in [0.25, 0.3) is 0 Å². The van der Waals surface area contributed by atoms with E-state index < -0.39 is 0 Å². The van der Waals surface area contributed by atoms with Gasteiger partial charge in [-0.15, -0.1) is 0 Å². The van der Waals surface area contributed by atoms with Crippen LogP contribution in [0.5, 0.6) is 0 Å².